The second kappa shape index (κ2) is 12.3. The summed E-state index contributed by atoms with van der Waals surface area (Å²) < 4.78 is 21.9. The second-order valence-electron chi connectivity index (χ2n) is 9.77. The minimum absolute atomic E-state index is 0.0488. The standard InChI is InChI=1S/C27H34N2O7/c1-18(29-26(32)36-27(2,3)4)16-34-24(30)15-28-25(31)20-10-12-21(13-11-20)35-23-7-5-6-22(14-23)33-17-19-8-9-19/h5-7,10-14,18-19H,8-9,15-17H2,1-4H3,(H,28,31)(H,29,32)/t18-/m0/s1. The van der Waals surface area contributed by atoms with Crippen LogP contribution in [0.2, 0.25) is 0 Å². The van der Waals surface area contributed by atoms with Crippen molar-refractivity contribution in [2.45, 2.75) is 52.2 Å². The Bertz CT molecular complexity index is 1040. The maximum Gasteiger partial charge on any atom is 0.407 e. The lowest BCUT2D eigenvalue weighted by molar-refractivity contribution is -0.143. The van der Waals surface area contributed by atoms with Crippen molar-refractivity contribution < 1.29 is 33.3 Å². The molecule has 9 nitrogen and oxygen atoms in total. The van der Waals surface area contributed by atoms with Gasteiger partial charge in [-0.15, -0.1) is 0 Å². The van der Waals surface area contributed by atoms with E-state index >= 15 is 0 Å². The van der Waals surface area contributed by atoms with Gasteiger partial charge in [-0.1, -0.05) is 6.07 Å². The maximum absolute atomic E-state index is 12.4. The Morgan fingerprint density at radius 3 is 2.36 bits per heavy atom. The number of hydrogen-bond donors (Lipinski definition) is 2. The van der Waals surface area contributed by atoms with Crippen LogP contribution in [0.25, 0.3) is 0 Å². The van der Waals surface area contributed by atoms with E-state index in [1.165, 1.54) is 12.8 Å². The number of alkyl carbamates (subject to hydrolysis) is 1. The number of amides is 2. The van der Waals surface area contributed by atoms with E-state index in [2.05, 4.69) is 10.6 Å². The Balaban J connectivity index is 1.38. The molecule has 1 atom stereocenters. The van der Waals surface area contributed by atoms with Crippen molar-refractivity contribution in [3.63, 3.8) is 0 Å². The van der Waals surface area contributed by atoms with Crippen LogP contribution in [0.5, 0.6) is 17.2 Å². The molecule has 3 rings (SSSR count). The van der Waals surface area contributed by atoms with Crippen molar-refractivity contribution >= 4 is 18.0 Å². The quantitative estimate of drug-likeness (QED) is 0.440. The van der Waals surface area contributed by atoms with E-state index in [0.717, 1.165) is 12.4 Å². The predicted octanol–water partition coefficient (Wildman–Crippen LogP) is 4.45. The van der Waals surface area contributed by atoms with Crippen LogP contribution in [-0.4, -0.2) is 49.4 Å². The molecule has 0 saturated heterocycles. The first-order chi connectivity index (χ1) is 17.1. The molecule has 0 aliphatic heterocycles. The van der Waals surface area contributed by atoms with E-state index in [0.29, 0.717) is 23.0 Å². The zero-order valence-electron chi connectivity index (χ0n) is 21.2. The molecule has 0 spiro atoms. The lowest BCUT2D eigenvalue weighted by atomic mass is 10.2. The fourth-order valence-corrected chi connectivity index (χ4v) is 3.01. The molecule has 1 aliphatic rings. The Morgan fingerprint density at radius 2 is 1.69 bits per heavy atom. The smallest absolute Gasteiger partial charge is 0.407 e. The number of nitrogens with one attached hydrogen (secondary N) is 2. The van der Waals surface area contributed by atoms with Crippen molar-refractivity contribution in [3.05, 3.63) is 54.1 Å². The van der Waals surface area contributed by atoms with Gasteiger partial charge in [0.25, 0.3) is 5.91 Å². The Labute approximate surface area is 211 Å². The molecule has 0 aromatic heterocycles. The SMILES string of the molecule is C[C@@H](COC(=O)CNC(=O)c1ccc(Oc2cccc(OCC3CC3)c2)cc1)NC(=O)OC(C)(C)C. The summed E-state index contributed by atoms with van der Waals surface area (Å²) in [6.45, 7) is 7.32. The van der Waals surface area contributed by atoms with Gasteiger partial charge in [0, 0.05) is 11.6 Å². The van der Waals surface area contributed by atoms with Crippen molar-refractivity contribution in [3.8, 4) is 17.2 Å². The largest absolute Gasteiger partial charge is 0.493 e. The molecule has 36 heavy (non-hydrogen) atoms. The van der Waals surface area contributed by atoms with Crippen molar-refractivity contribution in [1.82, 2.24) is 10.6 Å². The third-order valence-corrected chi connectivity index (χ3v) is 4.99. The minimum atomic E-state index is -0.621. The van der Waals surface area contributed by atoms with Crippen molar-refractivity contribution in [2.75, 3.05) is 19.8 Å². The van der Waals surface area contributed by atoms with Gasteiger partial charge in [0.15, 0.2) is 0 Å². The summed E-state index contributed by atoms with van der Waals surface area (Å²) in [5.41, 5.74) is -0.249. The highest BCUT2D eigenvalue weighted by Crippen LogP contribution is 2.31. The zero-order chi connectivity index (χ0) is 26.1. The van der Waals surface area contributed by atoms with Gasteiger partial charge in [0.2, 0.25) is 0 Å². The molecule has 1 aliphatic carbocycles. The summed E-state index contributed by atoms with van der Waals surface area (Å²) in [7, 11) is 0. The first-order valence-corrected chi connectivity index (χ1v) is 12.0. The Morgan fingerprint density at radius 1 is 1.00 bits per heavy atom. The number of benzene rings is 2. The summed E-state index contributed by atoms with van der Waals surface area (Å²) in [6, 6.07) is 13.5. The number of hydrogen-bond acceptors (Lipinski definition) is 7. The summed E-state index contributed by atoms with van der Waals surface area (Å²) in [6.07, 6.45) is 1.86. The van der Waals surface area contributed by atoms with Gasteiger partial charge in [-0.05, 0) is 82.9 Å². The zero-order valence-corrected chi connectivity index (χ0v) is 21.2. The summed E-state index contributed by atoms with van der Waals surface area (Å²) in [5.74, 6) is 1.59. The lowest BCUT2D eigenvalue weighted by Crippen LogP contribution is -2.41. The summed E-state index contributed by atoms with van der Waals surface area (Å²) >= 11 is 0. The molecular weight excluding hydrogens is 464 g/mol. The predicted molar refractivity (Wildman–Crippen MR) is 133 cm³/mol. The molecule has 0 unspecified atom stereocenters. The minimum Gasteiger partial charge on any atom is -0.493 e. The monoisotopic (exact) mass is 498 g/mol. The molecule has 2 aromatic rings. The number of carbonyl (C=O) groups is 3. The Hall–Kier alpha value is -3.75. The first-order valence-electron chi connectivity index (χ1n) is 12.0. The van der Waals surface area contributed by atoms with Crippen LogP contribution in [0, 0.1) is 5.92 Å². The molecule has 0 bridgehead atoms. The summed E-state index contributed by atoms with van der Waals surface area (Å²) in [5, 5.41) is 5.09. The van der Waals surface area contributed by atoms with Crippen molar-refractivity contribution in [2.24, 2.45) is 5.92 Å². The van der Waals surface area contributed by atoms with E-state index in [9.17, 15) is 14.4 Å². The lowest BCUT2D eigenvalue weighted by Gasteiger charge is -2.21. The molecule has 2 N–H and O–H groups in total. The molecule has 194 valence electrons. The highest BCUT2D eigenvalue weighted by Gasteiger charge is 2.22. The normalized spacial score (nSPS) is 13.8. The van der Waals surface area contributed by atoms with Gasteiger partial charge >= 0.3 is 12.1 Å². The maximum atomic E-state index is 12.4. The van der Waals surface area contributed by atoms with Crippen LogP contribution in [0.4, 0.5) is 4.79 Å². The fraction of sp³-hybridized carbons (Fsp3) is 0.444. The molecule has 2 amide bonds. The number of carbonyl (C=O) groups excluding carboxylic acids is 3. The van der Waals surface area contributed by atoms with Crippen molar-refractivity contribution in [1.29, 1.82) is 0 Å². The molecule has 1 fully saturated rings. The average Bonchev–Trinajstić information content (AvgIpc) is 3.64. The van der Waals surface area contributed by atoms with Gasteiger partial charge in [0.1, 0.15) is 36.0 Å². The molecule has 1 saturated carbocycles. The number of esters is 1. The van der Waals surface area contributed by atoms with E-state index in [4.69, 9.17) is 18.9 Å². The topological polar surface area (TPSA) is 112 Å². The van der Waals surface area contributed by atoms with Crippen LogP contribution in [-0.2, 0) is 14.3 Å². The third-order valence-electron chi connectivity index (χ3n) is 4.99. The fourth-order valence-electron chi connectivity index (χ4n) is 3.01. The van der Waals surface area contributed by atoms with Gasteiger partial charge < -0.3 is 29.6 Å². The number of ether oxygens (including phenoxy) is 4. The molecule has 0 radical (unpaired) electrons. The van der Waals surface area contributed by atoms with Gasteiger partial charge in [-0.3, -0.25) is 9.59 Å². The van der Waals surface area contributed by atoms with Gasteiger partial charge in [-0.2, -0.15) is 0 Å². The van der Waals surface area contributed by atoms with E-state index < -0.39 is 29.6 Å². The van der Waals surface area contributed by atoms with E-state index in [-0.39, 0.29) is 13.2 Å². The highest BCUT2D eigenvalue weighted by molar-refractivity contribution is 5.96. The third kappa shape index (κ3) is 9.85. The molecule has 9 heteroatoms. The second-order valence-corrected chi connectivity index (χ2v) is 9.77. The highest BCUT2D eigenvalue weighted by atomic mass is 16.6. The average molecular weight is 499 g/mol. The van der Waals surface area contributed by atoms with Crippen LogP contribution in [0.15, 0.2) is 48.5 Å². The number of rotatable bonds is 11. The molecular formula is C27H34N2O7. The van der Waals surface area contributed by atoms with Crippen LogP contribution >= 0.6 is 0 Å². The van der Waals surface area contributed by atoms with Gasteiger partial charge in [0.05, 0.1) is 12.6 Å². The van der Waals surface area contributed by atoms with E-state index in [1.807, 2.05) is 24.3 Å². The van der Waals surface area contributed by atoms with Crippen LogP contribution in [0.1, 0.15) is 50.9 Å². The van der Waals surface area contributed by atoms with Gasteiger partial charge in [-0.25, -0.2) is 4.79 Å². The Kier molecular flexibility index (Phi) is 9.16. The summed E-state index contributed by atoms with van der Waals surface area (Å²) in [4.78, 5) is 36.1. The first kappa shape index (κ1) is 26.8. The van der Waals surface area contributed by atoms with E-state index in [1.54, 1.807) is 52.0 Å². The molecule has 2 aromatic carbocycles. The molecule has 0 heterocycles. The van der Waals surface area contributed by atoms with Crippen LogP contribution < -0.4 is 20.1 Å². The van der Waals surface area contributed by atoms with Crippen LogP contribution in [0.3, 0.4) is 0 Å².